The Bertz CT molecular complexity index is 982. The Labute approximate surface area is 188 Å². The number of amidine groups is 1. The number of nitrogens with zero attached hydrogens (tertiary/aromatic N) is 3. The summed E-state index contributed by atoms with van der Waals surface area (Å²) in [6.07, 6.45) is 6.58. The molecule has 31 heavy (non-hydrogen) atoms. The zero-order chi connectivity index (χ0) is 21.6. The fraction of sp³-hybridized carbons (Fsp3) is 0.360. The molecule has 4 rings (SSSR count). The molecule has 0 bridgehead atoms. The number of carbonyl (C=O) groups excluding carboxylic acids is 1. The van der Waals surface area contributed by atoms with E-state index in [4.69, 9.17) is 9.73 Å². The maximum absolute atomic E-state index is 13.1. The SMILES string of the molecule is CCCN1C(=O)/C(=C/c2ccc(N3CCCCC3)cc2OC)SC1=Nc1ccccc1. The summed E-state index contributed by atoms with van der Waals surface area (Å²) in [5.74, 6) is 0.795. The minimum absolute atomic E-state index is 0.00342. The Balaban J connectivity index is 1.62. The van der Waals surface area contributed by atoms with E-state index in [1.807, 2.05) is 36.4 Å². The number of aliphatic imine (C=N–C) groups is 1. The van der Waals surface area contributed by atoms with Crippen molar-refractivity contribution < 1.29 is 9.53 Å². The van der Waals surface area contributed by atoms with Crippen LogP contribution in [0.1, 0.15) is 38.2 Å². The van der Waals surface area contributed by atoms with Crippen LogP contribution in [0.2, 0.25) is 0 Å². The van der Waals surface area contributed by atoms with E-state index in [1.54, 1.807) is 12.0 Å². The zero-order valence-electron chi connectivity index (χ0n) is 18.2. The molecule has 2 fully saturated rings. The van der Waals surface area contributed by atoms with Crippen LogP contribution in [-0.2, 0) is 4.79 Å². The van der Waals surface area contributed by atoms with Gasteiger partial charge in [-0.1, -0.05) is 25.1 Å². The van der Waals surface area contributed by atoms with Crippen LogP contribution in [0.25, 0.3) is 6.08 Å². The van der Waals surface area contributed by atoms with Gasteiger partial charge < -0.3 is 9.64 Å². The standard InChI is InChI=1S/C25H29N3O2S/c1-3-14-28-24(29)23(31-25(28)26-20-10-6-4-7-11-20)17-19-12-13-21(18-22(19)30-2)27-15-8-5-9-16-27/h4,6-7,10-13,17-18H,3,5,8-9,14-16H2,1-2H3/b23-17-,26-25?. The van der Waals surface area contributed by atoms with Crippen molar-refractivity contribution in [3.05, 3.63) is 59.0 Å². The quantitative estimate of drug-likeness (QED) is 0.546. The largest absolute Gasteiger partial charge is 0.496 e. The third-order valence-electron chi connectivity index (χ3n) is 5.54. The highest BCUT2D eigenvalue weighted by Gasteiger charge is 2.33. The molecule has 2 heterocycles. The Morgan fingerprint density at radius 3 is 2.58 bits per heavy atom. The van der Waals surface area contributed by atoms with E-state index in [0.717, 1.165) is 41.7 Å². The molecular weight excluding hydrogens is 406 g/mol. The molecule has 0 radical (unpaired) electrons. The van der Waals surface area contributed by atoms with Crippen molar-refractivity contribution >= 4 is 40.3 Å². The topological polar surface area (TPSA) is 45.1 Å². The summed E-state index contributed by atoms with van der Waals surface area (Å²) < 4.78 is 5.68. The molecule has 0 spiro atoms. The molecule has 6 heteroatoms. The zero-order valence-corrected chi connectivity index (χ0v) is 19.0. The molecule has 0 aromatic heterocycles. The molecule has 0 N–H and O–H groups in total. The highest BCUT2D eigenvalue weighted by atomic mass is 32.2. The van der Waals surface area contributed by atoms with Crippen molar-refractivity contribution in [2.45, 2.75) is 32.6 Å². The van der Waals surface area contributed by atoms with Crippen LogP contribution in [0.5, 0.6) is 5.75 Å². The summed E-state index contributed by atoms with van der Waals surface area (Å²) in [7, 11) is 1.69. The van der Waals surface area contributed by atoms with E-state index in [9.17, 15) is 4.79 Å². The second kappa shape index (κ2) is 10.1. The third-order valence-corrected chi connectivity index (χ3v) is 6.55. The molecule has 1 amide bonds. The number of anilines is 1. The van der Waals surface area contributed by atoms with E-state index in [0.29, 0.717) is 11.4 Å². The van der Waals surface area contributed by atoms with Gasteiger partial charge >= 0.3 is 0 Å². The molecule has 2 aromatic rings. The van der Waals surface area contributed by atoms with E-state index in [-0.39, 0.29) is 5.91 Å². The Morgan fingerprint density at radius 2 is 1.87 bits per heavy atom. The van der Waals surface area contributed by atoms with Crippen molar-refractivity contribution in [1.82, 2.24) is 4.90 Å². The van der Waals surface area contributed by atoms with Gasteiger partial charge in [-0.25, -0.2) is 4.99 Å². The number of hydrogen-bond acceptors (Lipinski definition) is 5. The van der Waals surface area contributed by atoms with Gasteiger partial charge in [-0.2, -0.15) is 0 Å². The molecule has 0 atom stereocenters. The predicted molar refractivity (Wildman–Crippen MR) is 130 cm³/mol. The van der Waals surface area contributed by atoms with Crippen molar-refractivity contribution in [2.24, 2.45) is 4.99 Å². The smallest absolute Gasteiger partial charge is 0.266 e. The van der Waals surface area contributed by atoms with Crippen molar-refractivity contribution in [3.63, 3.8) is 0 Å². The third kappa shape index (κ3) is 4.96. The molecule has 2 aliphatic heterocycles. The minimum Gasteiger partial charge on any atom is -0.496 e. The summed E-state index contributed by atoms with van der Waals surface area (Å²) in [6, 6.07) is 16.1. The number of para-hydroxylation sites is 1. The fourth-order valence-electron chi connectivity index (χ4n) is 3.93. The van der Waals surface area contributed by atoms with Crippen LogP contribution < -0.4 is 9.64 Å². The molecule has 162 valence electrons. The first-order valence-electron chi connectivity index (χ1n) is 11.0. The molecule has 2 saturated heterocycles. The maximum Gasteiger partial charge on any atom is 0.266 e. The number of thioether (sulfide) groups is 1. The fourth-order valence-corrected chi connectivity index (χ4v) is 4.95. The van der Waals surface area contributed by atoms with Gasteiger partial charge in [-0.15, -0.1) is 0 Å². The molecule has 5 nitrogen and oxygen atoms in total. The second-order valence-electron chi connectivity index (χ2n) is 7.77. The molecule has 0 aliphatic carbocycles. The summed E-state index contributed by atoms with van der Waals surface area (Å²) in [5, 5.41) is 0.730. The summed E-state index contributed by atoms with van der Waals surface area (Å²) in [6.45, 7) is 4.90. The van der Waals surface area contributed by atoms with E-state index >= 15 is 0 Å². The first-order valence-corrected chi connectivity index (χ1v) is 11.8. The molecular formula is C25H29N3O2S. The van der Waals surface area contributed by atoms with Crippen LogP contribution in [0.4, 0.5) is 11.4 Å². The molecule has 0 unspecified atom stereocenters. The van der Waals surface area contributed by atoms with Gasteiger partial charge in [0, 0.05) is 37.0 Å². The number of hydrogen-bond donors (Lipinski definition) is 0. The van der Waals surface area contributed by atoms with Crippen molar-refractivity contribution in [3.8, 4) is 5.75 Å². The first-order chi connectivity index (χ1) is 15.2. The average molecular weight is 436 g/mol. The minimum atomic E-state index is 0.00342. The van der Waals surface area contributed by atoms with Gasteiger partial charge in [0.15, 0.2) is 5.17 Å². The lowest BCUT2D eigenvalue weighted by molar-refractivity contribution is -0.122. The number of amides is 1. The Hall–Kier alpha value is -2.73. The number of ether oxygens (including phenoxy) is 1. The number of piperidine rings is 1. The van der Waals surface area contributed by atoms with Gasteiger partial charge in [0.05, 0.1) is 17.7 Å². The highest BCUT2D eigenvalue weighted by Crippen LogP contribution is 2.36. The second-order valence-corrected chi connectivity index (χ2v) is 8.78. The van der Waals surface area contributed by atoms with Crippen molar-refractivity contribution in [2.75, 3.05) is 31.6 Å². The molecule has 2 aromatic carbocycles. The first kappa shape index (κ1) is 21.5. The van der Waals surface area contributed by atoms with Crippen LogP contribution in [0.15, 0.2) is 58.4 Å². The van der Waals surface area contributed by atoms with E-state index < -0.39 is 0 Å². The van der Waals surface area contributed by atoms with Crippen LogP contribution in [-0.4, -0.2) is 42.7 Å². The van der Waals surface area contributed by atoms with Crippen molar-refractivity contribution in [1.29, 1.82) is 0 Å². The Morgan fingerprint density at radius 1 is 1.10 bits per heavy atom. The van der Waals surface area contributed by atoms with Crippen LogP contribution in [0, 0.1) is 0 Å². The monoisotopic (exact) mass is 435 g/mol. The number of rotatable bonds is 6. The summed E-state index contributed by atoms with van der Waals surface area (Å²) in [5.41, 5.74) is 2.95. The van der Waals surface area contributed by atoms with Gasteiger partial charge in [-0.05, 0) is 67.8 Å². The lowest BCUT2D eigenvalue weighted by Gasteiger charge is -2.29. The maximum atomic E-state index is 13.1. The lowest BCUT2D eigenvalue weighted by atomic mass is 10.1. The predicted octanol–water partition coefficient (Wildman–Crippen LogP) is 5.70. The van der Waals surface area contributed by atoms with E-state index in [2.05, 4.69) is 30.0 Å². The summed E-state index contributed by atoms with van der Waals surface area (Å²) >= 11 is 1.43. The van der Waals surface area contributed by atoms with Gasteiger partial charge in [-0.3, -0.25) is 9.69 Å². The number of benzene rings is 2. The van der Waals surface area contributed by atoms with Gasteiger partial charge in [0.2, 0.25) is 0 Å². The van der Waals surface area contributed by atoms with Gasteiger partial charge in [0.25, 0.3) is 5.91 Å². The molecule has 2 aliphatic rings. The Kier molecular flexibility index (Phi) is 6.97. The summed E-state index contributed by atoms with van der Waals surface area (Å²) in [4.78, 5) is 22.7. The average Bonchev–Trinajstić information content (AvgIpc) is 3.09. The van der Waals surface area contributed by atoms with Crippen LogP contribution in [0.3, 0.4) is 0 Å². The number of carbonyl (C=O) groups is 1. The highest BCUT2D eigenvalue weighted by molar-refractivity contribution is 8.18. The van der Waals surface area contributed by atoms with E-state index in [1.165, 1.54) is 36.7 Å². The number of methoxy groups -OCH3 is 1. The normalized spacial score (nSPS) is 19.5. The van der Waals surface area contributed by atoms with Crippen LogP contribution >= 0.6 is 11.8 Å². The van der Waals surface area contributed by atoms with Gasteiger partial charge in [0.1, 0.15) is 5.75 Å². The lowest BCUT2D eigenvalue weighted by Crippen LogP contribution is -2.29. The molecule has 0 saturated carbocycles.